The molecule has 0 aliphatic heterocycles. The zero-order valence-corrected chi connectivity index (χ0v) is 26.7. The molecule has 0 aromatic rings. The second-order valence-electron chi connectivity index (χ2n) is 15.5. The minimum absolute atomic E-state index is 0.144. The molecule has 0 spiro atoms. The molecule has 0 heterocycles. The summed E-state index contributed by atoms with van der Waals surface area (Å²) in [5.41, 5.74) is 1.06. The summed E-state index contributed by atoms with van der Waals surface area (Å²) in [7, 11) is -0.0788. The minimum atomic E-state index is -4.01. The Morgan fingerprint density at radius 1 is 0.974 bits per heavy atom. The molecule has 7 heteroatoms. The van der Waals surface area contributed by atoms with Crippen LogP contribution in [0.25, 0.3) is 0 Å². The van der Waals surface area contributed by atoms with Gasteiger partial charge >= 0.3 is 0 Å². The summed E-state index contributed by atoms with van der Waals surface area (Å²) in [6, 6.07) is 0. The van der Waals surface area contributed by atoms with E-state index in [2.05, 4.69) is 26.1 Å². The van der Waals surface area contributed by atoms with Gasteiger partial charge in [0.2, 0.25) is 5.91 Å². The van der Waals surface area contributed by atoms with Crippen molar-refractivity contribution < 1.29 is 22.2 Å². The zero-order chi connectivity index (χ0) is 28.6. The third kappa shape index (κ3) is 6.71. The Labute approximate surface area is 239 Å². The molecule has 9 atom stereocenters. The number of nitrogens with zero attached hydrogens (tertiary/aromatic N) is 1. The normalized spacial score (nSPS) is 38.3. The number of nitrogens with one attached hydrogen (secondary N) is 1. The van der Waals surface area contributed by atoms with Gasteiger partial charge in [-0.1, -0.05) is 33.6 Å². The van der Waals surface area contributed by atoms with E-state index in [1.807, 2.05) is 14.1 Å². The third-order valence-electron chi connectivity index (χ3n) is 12.7. The van der Waals surface area contributed by atoms with Crippen LogP contribution >= 0.6 is 0 Å². The Hall–Kier alpha value is -0.660. The molecular weight excluding hydrogens is 508 g/mol. The van der Waals surface area contributed by atoms with Crippen LogP contribution in [0.1, 0.15) is 111 Å². The van der Waals surface area contributed by atoms with Crippen LogP contribution in [0.2, 0.25) is 0 Å². The van der Waals surface area contributed by atoms with Crippen molar-refractivity contribution in [3.8, 4) is 0 Å². The molecule has 4 aliphatic carbocycles. The number of hydrogen-bond acceptors (Lipinski definition) is 3. The van der Waals surface area contributed by atoms with Gasteiger partial charge < -0.3 is 9.80 Å². The van der Waals surface area contributed by atoms with Gasteiger partial charge in [-0.15, -0.1) is 0 Å². The van der Waals surface area contributed by atoms with E-state index < -0.39 is 15.4 Å². The van der Waals surface area contributed by atoms with Gasteiger partial charge in [0.15, 0.2) is 0 Å². The van der Waals surface area contributed by atoms with E-state index in [1.54, 1.807) is 6.92 Å². The van der Waals surface area contributed by atoms with Crippen LogP contribution in [0.4, 0.5) is 0 Å². The Bertz CT molecular complexity index is 967. The van der Waals surface area contributed by atoms with Crippen LogP contribution < -0.4 is 5.32 Å². The van der Waals surface area contributed by atoms with Crippen LogP contribution in [-0.2, 0) is 14.9 Å². The molecule has 4 aliphatic rings. The molecule has 5 unspecified atom stereocenters. The Morgan fingerprint density at radius 3 is 2.41 bits per heavy atom. The molecule has 0 aromatic heterocycles. The van der Waals surface area contributed by atoms with Crippen molar-refractivity contribution in [1.82, 2.24) is 5.32 Å². The van der Waals surface area contributed by atoms with E-state index in [0.717, 1.165) is 49.0 Å². The minimum Gasteiger partial charge on any atom is -0.356 e. The van der Waals surface area contributed by atoms with Crippen LogP contribution in [0, 0.1) is 46.3 Å². The lowest BCUT2D eigenvalue weighted by Gasteiger charge is -2.61. The van der Waals surface area contributed by atoms with Gasteiger partial charge in [0, 0.05) is 19.4 Å². The predicted molar refractivity (Wildman–Crippen MR) is 159 cm³/mol. The maximum atomic E-state index is 12.7. The quantitative estimate of drug-likeness (QED) is 0.174. The molecule has 39 heavy (non-hydrogen) atoms. The Kier molecular flexibility index (Phi) is 9.55. The van der Waals surface area contributed by atoms with Gasteiger partial charge in [-0.25, -0.2) is 0 Å². The molecule has 4 rings (SSSR count). The van der Waals surface area contributed by atoms with E-state index in [4.69, 9.17) is 0 Å². The summed E-state index contributed by atoms with van der Waals surface area (Å²) < 4.78 is 32.5. The largest absolute Gasteiger partial charge is 0.356 e. The number of carbonyl (C=O) groups is 1. The maximum Gasteiger partial charge on any atom is 0.273 e. The fourth-order valence-electron chi connectivity index (χ4n) is 10.5. The number of fused-ring (bicyclic) bond motifs is 5. The van der Waals surface area contributed by atoms with Crippen molar-refractivity contribution in [2.24, 2.45) is 46.3 Å². The highest BCUT2D eigenvalue weighted by Crippen LogP contribution is 2.68. The monoisotopic (exact) mass is 567 g/mol. The number of hydrogen-bond donors (Lipinski definition) is 2. The zero-order valence-electron chi connectivity index (χ0n) is 25.9. The van der Waals surface area contributed by atoms with Gasteiger partial charge in [0.25, 0.3) is 10.1 Å². The van der Waals surface area contributed by atoms with Crippen molar-refractivity contribution in [3.05, 3.63) is 0 Å². The van der Waals surface area contributed by atoms with Crippen LogP contribution in [0.5, 0.6) is 0 Å². The summed E-state index contributed by atoms with van der Waals surface area (Å²) in [5, 5.41) is 2.31. The highest BCUT2D eigenvalue weighted by molar-refractivity contribution is 7.86. The van der Waals surface area contributed by atoms with Gasteiger partial charge in [-0.05, 0) is 111 Å². The lowest BCUT2D eigenvalue weighted by Crippen LogP contribution is -2.53. The van der Waals surface area contributed by atoms with E-state index in [1.165, 1.54) is 64.2 Å². The number of rotatable bonds is 11. The van der Waals surface area contributed by atoms with Crippen molar-refractivity contribution in [3.63, 3.8) is 0 Å². The second kappa shape index (κ2) is 11.9. The molecule has 0 bridgehead atoms. The molecule has 6 nitrogen and oxygen atoms in total. The number of carbonyl (C=O) groups excluding carboxylic acids is 1. The first-order chi connectivity index (χ1) is 18.2. The van der Waals surface area contributed by atoms with E-state index in [-0.39, 0.29) is 5.91 Å². The molecular formula is C32H59N2O4S+. The first-order valence-corrected chi connectivity index (χ1v) is 17.7. The molecule has 226 valence electrons. The summed E-state index contributed by atoms with van der Waals surface area (Å²) >= 11 is 0. The molecule has 4 fully saturated rings. The van der Waals surface area contributed by atoms with E-state index in [9.17, 15) is 17.8 Å². The molecule has 0 radical (unpaired) electrons. The summed E-state index contributed by atoms with van der Waals surface area (Å²) in [6.45, 7) is 11.0. The standard InChI is InChI=1S/C32H58N2O4S/c1-23(11-16-30(35)33-20-9-21-34(5,6)22-24(2)39(36,37)38)27-14-15-28-26-13-12-25-10-7-8-18-31(25,3)29(26)17-19-32(27,28)4/h23-29H,7-22H2,1-6H3,(H-,33,35,36,37,38)/p+1/t23-,24?,25?,26?,27-,28?,29?,31+,32-/m1/s1. The summed E-state index contributed by atoms with van der Waals surface area (Å²) in [4.78, 5) is 12.7. The molecule has 2 N–H and O–H groups in total. The third-order valence-corrected chi connectivity index (χ3v) is 13.9. The summed E-state index contributed by atoms with van der Waals surface area (Å²) in [5.74, 6) is 5.24. The van der Waals surface area contributed by atoms with Crippen LogP contribution in [-0.4, -0.2) is 62.3 Å². The fourth-order valence-corrected chi connectivity index (χ4v) is 11.1. The molecule has 0 aromatic carbocycles. The molecule has 4 saturated carbocycles. The summed E-state index contributed by atoms with van der Waals surface area (Å²) in [6.07, 6.45) is 16.7. The topological polar surface area (TPSA) is 83.5 Å². The first kappa shape index (κ1) is 31.3. The number of quaternary nitrogens is 1. The lowest BCUT2D eigenvalue weighted by molar-refractivity contribution is -0.889. The van der Waals surface area contributed by atoms with Crippen molar-refractivity contribution in [2.45, 2.75) is 116 Å². The molecule has 0 saturated heterocycles. The van der Waals surface area contributed by atoms with Crippen LogP contribution in [0.15, 0.2) is 0 Å². The van der Waals surface area contributed by atoms with Crippen molar-refractivity contribution in [2.75, 3.05) is 33.7 Å². The Morgan fingerprint density at radius 2 is 1.69 bits per heavy atom. The van der Waals surface area contributed by atoms with E-state index in [0.29, 0.717) is 40.7 Å². The average Bonchev–Trinajstić information content (AvgIpc) is 3.21. The smallest absolute Gasteiger partial charge is 0.273 e. The van der Waals surface area contributed by atoms with Gasteiger partial charge in [-0.3, -0.25) is 9.35 Å². The lowest BCUT2D eigenvalue weighted by atomic mass is 9.44. The second-order valence-corrected chi connectivity index (χ2v) is 17.4. The van der Waals surface area contributed by atoms with Crippen LogP contribution in [0.3, 0.4) is 0 Å². The van der Waals surface area contributed by atoms with Gasteiger partial charge in [0.1, 0.15) is 5.25 Å². The SMILES string of the molecule is CC(C[N+](C)(C)CCCNC(=O)CC[C@@H](C)[C@H]1CCC2C3CCC4CCCC[C@]4(C)C3CC[C@@]21C)S(=O)(=O)O. The number of amides is 1. The first-order valence-electron chi connectivity index (χ1n) is 16.2. The highest BCUT2D eigenvalue weighted by Gasteiger charge is 2.60. The van der Waals surface area contributed by atoms with E-state index >= 15 is 0 Å². The average molecular weight is 568 g/mol. The highest BCUT2D eigenvalue weighted by atomic mass is 32.2. The maximum absolute atomic E-state index is 12.7. The fraction of sp³-hybridized carbons (Fsp3) is 0.969. The Balaban J connectivity index is 1.22. The molecule has 1 amide bonds. The van der Waals surface area contributed by atoms with Crippen molar-refractivity contribution >= 4 is 16.0 Å². The predicted octanol–water partition coefficient (Wildman–Crippen LogP) is 6.31. The van der Waals surface area contributed by atoms with Gasteiger partial charge in [-0.2, -0.15) is 8.42 Å². The van der Waals surface area contributed by atoms with Crippen molar-refractivity contribution in [1.29, 1.82) is 0 Å². The van der Waals surface area contributed by atoms with Gasteiger partial charge in [0.05, 0.1) is 27.2 Å².